The van der Waals surface area contributed by atoms with Crippen LogP contribution in [0.3, 0.4) is 0 Å². The Labute approximate surface area is 106 Å². The molecule has 17 heavy (non-hydrogen) atoms. The maximum Gasteiger partial charge on any atom is 0.0753 e. The zero-order chi connectivity index (χ0) is 12.1. The molecule has 1 saturated heterocycles. The maximum absolute atomic E-state index is 5.73. The van der Waals surface area contributed by atoms with E-state index in [4.69, 9.17) is 4.74 Å². The van der Waals surface area contributed by atoms with E-state index in [2.05, 4.69) is 24.1 Å². The molecule has 1 aliphatic heterocycles. The van der Waals surface area contributed by atoms with Crippen LogP contribution in [0.4, 0.5) is 0 Å². The Hall–Kier alpha value is -0.120. The Kier molecular flexibility index (Phi) is 4.83. The van der Waals surface area contributed by atoms with Crippen LogP contribution in [0.2, 0.25) is 0 Å². The molecule has 1 N–H and O–H groups in total. The molecular formula is C14H28N2O. The molecule has 0 amide bonds. The molecule has 0 atom stereocenters. The number of hydrogen-bond acceptors (Lipinski definition) is 3. The molecule has 0 spiro atoms. The molecule has 1 aliphatic carbocycles. The first kappa shape index (κ1) is 13.3. The third-order valence-electron chi connectivity index (χ3n) is 3.94. The highest BCUT2D eigenvalue weighted by atomic mass is 16.5. The Morgan fingerprint density at radius 1 is 1.29 bits per heavy atom. The molecule has 1 heterocycles. The molecule has 0 aromatic carbocycles. The van der Waals surface area contributed by atoms with Gasteiger partial charge in [-0.1, -0.05) is 12.8 Å². The second kappa shape index (κ2) is 6.17. The monoisotopic (exact) mass is 240 g/mol. The number of morpholine rings is 1. The summed E-state index contributed by atoms with van der Waals surface area (Å²) in [6, 6.07) is 0.816. The minimum Gasteiger partial charge on any atom is -0.373 e. The highest BCUT2D eigenvalue weighted by Gasteiger charge is 2.26. The molecule has 2 fully saturated rings. The molecule has 3 nitrogen and oxygen atoms in total. The molecule has 2 rings (SSSR count). The molecule has 0 bridgehead atoms. The Morgan fingerprint density at radius 2 is 2.06 bits per heavy atom. The van der Waals surface area contributed by atoms with Crippen molar-refractivity contribution in [3.05, 3.63) is 0 Å². The minimum atomic E-state index is 0.0527. The van der Waals surface area contributed by atoms with E-state index >= 15 is 0 Å². The largest absolute Gasteiger partial charge is 0.373 e. The van der Waals surface area contributed by atoms with Crippen molar-refractivity contribution in [3.8, 4) is 0 Å². The summed E-state index contributed by atoms with van der Waals surface area (Å²) in [7, 11) is 0. The first-order chi connectivity index (χ1) is 8.16. The lowest BCUT2D eigenvalue weighted by atomic mass is 10.1. The van der Waals surface area contributed by atoms with Gasteiger partial charge in [-0.05, 0) is 46.2 Å². The van der Waals surface area contributed by atoms with Crippen molar-refractivity contribution in [2.75, 3.05) is 32.8 Å². The summed E-state index contributed by atoms with van der Waals surface area (Å²) in [5.74, 6) is 0. The second-order valence-electron chi connectivity index (χ2n) is 6.17. The zero-order valence-corrected chi connectivity index (χ0v) is 11.5. The van der Waals surface area contributed by atoms with Crippen LogP contribution in [0.15, 0.2) is 0 Å². The second-order valence-corrected chi connectivity index (χ2v) is 6.17. The van der Waals surface area contributed by atoms with Gasteiger partial charge < -0.3 is 10.1 Å². The smallest absolute Gasteiger partial charge is 0.0753 e. The third kappa shape index (κ3) is 4.57. The van der Waals surface area contributed by atoms with Crippen LogP contribution in [0, 0.1) is 0 Å². The Morgan fingerprint density at radius 3 is 2.76 bits per heavy atom. The number of hydrogen-bond donors (Lipinski definition) is 1. The van der Waals surface area contributed by atoms with Gasteiger partial charge in [0.15, 0.2) is 0 Å². The van der Waals surface area contributed by atoms with Crippen LogP contribution >= 0.6 is 0 Å². The number of nitrogens with one attached hydrogen (secondary N) is 1. The number of ether oxygens (including phenoxy) is 1. The summed E-state index contributed by atoms with van der Waals surface area (Å²) in [6.45, 7) is 9.85. The van der Waals surface area contributed by atoms with Crippen molar-refractivity contribution < 1.29 is 4.74 Å². The molecule has 3 heteroatoms. The Bertz CT molecular complexity index is 224. The van der Waals surface area contributed by atoms with Gasteiger partial charge >= 0.3 is 0 Å². The van der Waals surface area contributed by atoms with Gasteiger partial charge in [0.2, 0.25) is 0 Å². The lowest BCUT2D eigenvalue weighted by Crippen LogP contribution is -2.48. The van der Waals surface area contributed by atoms with Gasteiger partial charge in [0, 0.05) is 19.1 Å². The van der Waals surface area contributed by atoms with Crippen LogP contribution in [0.5, 0.6) is 0 Å². The molecular weight excluding hydrogens is 212 g/mol. The van der Waals surface area contributed by atoms with Crippen LogP contribution in [-0.4, -0.2) is 49.3 Å². The van der Waals surface area contributed by atoms with Crippen LogP contribution < -0.4 is 5.32 Å². The lowest BCUT2D eigenvalue weighted by molar-refractivity contribution is -0.0859. The normalized spacial score (nSPS) is 26.5. The highest BCUT2D eigenvalue weighted by molar-refractivity contribution is 4.79. The molecule has 100 valence electrons. The molecule has 0 aromatic heterocycles. The summed E-state index contributed by atoms with van der Waals surface area (Å²) in [5, 5.41) is 3.68. The van der Waals surface area contributed by atoms with Crippen molar-refractivity contribution >= 4 is 0 Å². The van der Waals surface area contributed by atoms with Crippen molar-refractivity contribution in [1.82, 2.24) is 10.2 Å². The summed E-state index contributed by atoms with van der Waals surface area (Å²) < 4.78 is 5.73. The predicted molar refractivity (Wildman–Crippen MR) is 71.3 cm³/mol. The van der Waals surface area contributed by atoms with Crippen molar-refractivity contribution in [2.24, 2.45) is 0 Å². The van der Waals surface area contributed by atoms with E-state index < -0.39 is 0 Å². The van der Waals surface area contributed by atoms with Crippen LogP contribution in [0.1, 0.15) is 46.0 Å². The van der Waals surface area contributed by atoms with E-state index in [0.29, 0.717) is 0 Å². The van der Waals surface area contributed by atoms with Gasteiger partial charge in [0.05, 0.1) is 12.2 Å². The summed E-state index contributed by atoms with van der Waals surface area (Å²) in [4.78, 5) is 2.54. The Balaban J connectivity index is 1.55. The van der Waals surface area contributed by atoms with Crippen molar-refractivity contribution in [3.63, 3.8) is 0 Å². The fourth-order valence-electron chi connectivity index (χ4n) is 3.04. The quantitative estimate of drug-likeness (QED) is 0.744. The predicted octanol–water partition coefficient (Wildman–Crippen LogP) is 2.02. The van der Waals surface area contributed by atoms with Crippen molar-refractivity contribution in [2.45, 2.75) is 57.6 Å². The van der Waals surface area contributed by atoms with E-state index in [1.54, 1.807) is 0 Å². The molecule has 0 aromatic rings. The van der Waals surface area contributed by atoms with Gasteiger partial charge in [-0.2, -0.15) is 0 Å². The van der Waals surface area contributed by atoms with Crippen LogP contribution in [-0.2, 0) is 4.74 Å². The zero-order valence-electron chi connectivity index (χ0n) is 11.5. The average Bonchev–Trinajstić information content (AvgIpc) is 2.76. The molecule has 0 unspecified atom stereocenters. The molecule has 1 saturated carbocycles. The van der Waals surface area contributed by atoms with Crippen molar-refractivity contribution in [1.29, 1.82) is 0 Å². The van der Waals surface area contributed by atoms with Gasteiger partial charge in [-0.3, -0.25) is 4.90 Å². The summed E-state index contributed by atoms with van der Waals surface area (Å²) in [5.41, 5.74) is 0.0527. The van der Waals surface area contributed by atoms with E-state index in [1.807, 2.05) is 0 Å². The van der Waals surface area contributed by atoms with Crippen LogP contribution in [0.25, 0.3) is 0 Å². The van der Waals surface area contributed by atoms with E-state index in [0.717, 1.165) is 25.7 Å². The standard InChI is InChI=1S/C14H28N2O/c1-14(2)12-16(10-11-17-14)9-5-8-15-13-6-3-4-7-13/h13,15H,3-12H2,1-2H3. The molecule has 2 aliphatic rings. The lowest BCUT2D eigenvalue weighted by Gasteiger charge is -2.38. The maximum atomic E-state index is 5.73. The van der Waals surface area contributed by atoms with Gasteiger partial charge in [-0.15, -0.1) is 0 Å². The fourth-order valence-corrected chi connectivity index (χ4v) is 3.04. The number of rotatable bonds is 5. The van der Waals surface area contributed by atoms with Gasteiger partial charge in [0.25, 0.3) is 0 Å². The summed E-state index contributed by atoms with van der Waals surface area (Å²) >= 11 is 0. The average molecular weight is 240 g/mol. The van der Waals surface area contributed by atoms with Gasteiger partial charge in [-0.25, -0.2) is 0 Å². The number of nitrogens with zero attached hydrogens (tertiary/aromatic N) is 1. The summed E-state index contributed by atoms with van der Waals surface area (Å²) in [6.07, 6.45) is 6.91. The first-order valence-electron chi connectivity index (χ1n) is 7.25. The first-order valence-corrected chi connectivity index (χ1v) is 7.25. The molecule has 0 radical (unpaired) electrons. The van der Waals surface area contributed by atoms with Gasteiger partial charge in [0.1, 0.15) is 0 Å². The van der Waals surface area contributed by atoms with E-state index in [9.17, 15) is 0 Å². The fraction of sp³-hybridized carbons (Fsp3) is 1.00. The SMILES string of the molecule is CC1(C)CN(CCCNC2CCCC2)CCO1. The third-order valence-corrected chi connectivity index (χ3v) is 3.94. The minimum absolute atomic E-state index is 0.0527. The highest BCUT2D eigenvalue weighted by Crippen LogP contribution is 2.18. The van der Waals surface area contributed by atoms with E-state index in [-0.39, 0.29) is 5.60 Å². The van der Waals surface area contributed by atoms with E-state index in [1.165, 1.54) is 45.2 Å². The topological polar surface area (TPSA) is 24.5 Å².